The molecule has 0 bridgehead atoms. The number of thioether (sulfide) groups is 1. The second-order valence-electron chi connectivity index (χ2n) is 7.52. The zero-order chi connectivity index (χ0) is 16.9. The maximum Gasteiger partial charge on any atom is 0.252 e. The maximum absolute atomic E-state index is 12.9. The first-order chi connectivity index (χ1) is 11.7. The van der Waals surface area contributed by atoms with Crippen molar-refractivity contribution in [3.8, 4) is 0 Å². The van der Waals surface area contributed by atoms with Gasteiger partial charge in [0.25, 0.3) is 5.91 Å². The summed E-state index contributed by atoms with van der Waals surface area (Å²) < 4.78 is 5.69. The molecule has 0 radical (unpaired) electrons. The molecule has 0 aromatic carbocycles. The number of rotatable bonds is 5. The molecule has 138 valence electrons. The predicted molar refractivity (Wildman–Crippen MR) is 99.6 cm³/mol. The van der Waals surface area contributed by atoms with E-state index < -0.39 is 5.60 Å². The normalized spacial score (nSPS) is 27.5. The van der Waals surface area contributed by atoms with Crippen LogP contribution >= 0.6 is 11.8 Å². The van der Waals surface area contributed by atoms with Crippen LogP contribution in [0.2, 0.25) is 0 Å². The lowest BCUT2D eigenvalue weighted by molar-refractivity contribution is -0.147. The summed E-state index contributed by atoms with van der Waals surface area (Å²) in [6, 6.07) is 0. The number of carbonyl (C=O) groups is 1. The summed E-state index contributed by atoms with van der Waals surface area (Å²) in [7, 11) is 1.68. The van der Waals surface area contributed by atoms with E-state index in [1.54, 1.807) is 7.11 Å². The molecule has 6 heteroatoms. The number of piperidine rings is 1. The van der Waals surface area contributed by atoms with Crippen molar-refractivity contribution in [1.82, 2.24) is 15.5 Å². The molecule has 3 fully saturated rings. The van der Waals surface area contributed by atoms with Crippen LogP contribution in [0, 0.1) is 0 Å². The molecule has 3 rings (SSSR count). The molecule has 0 aromatic heterocycles. The van der Waals surface area contributed by atoms with E-state index in [1.807, 2.05) is 0 Å². The third-order valence-electron chi connectivity index (χ3n) is 6.26. The number of nitrogens with zero attached hydrogens (tertiary/aromatic N) is 1. The second kappa shape index (κ2) is 8.39. The maximum atomic E-state index is 12.9. The van der Waals surface area contributed by atoms with Crippen LogP contribution in [-0.4, -0.2) is 73.3 Å². The third kappa shape index (κ3) is 3.92. The van der Waals surface area contributed by atoms with E-state index in [-0.39, 0.29) is 11.4 Å². The van der Waals surface area contributed by atoms with E-state index in [4.69, 9.17) is 4.74 Å². The van der Waals surface area contributed by atoms with Gasteiger partial charge in [-0.3, -0.25) is 9.69 Å². The van der Waals surface area contributed by atoms with Crippen LogP contribution in [-0.2, 0) is 9.53 Å². The minimum Gasteiger partial charge on any atom is -0.368 e. The zero-order valence-electron chi connectivity index (χ0n) is 15.1. The molecule has 1 saturated carbocycles. The largest absolute Gasteiger partial charge is 0.368 e. The molecule has 2 heterocycles. The van der Waals surface area contributed by atoms with Gasteiger partial charge in [-0.15, -0.1) is 0 Å². The quantitative estimate of drug-likeness (QED) is 0.785. The minimum atomic E-state index is -0.626. The smallest absolute Gasteiger partial charge is 0.252 e. The molecular formula is C18H33N3O2S. The fraction of sp³-hybridized carbons (Fsp3) is 0.944. The molecule has 0 aromatic rings. The summed E-state index contributed by atoms with van der Waals surface area (Å²) in [6.45, 7) is 4.83. The average Bonchev–Trinajstić information content (AvgIpc) is 2.68. The lowest BCUT2D eigenvalue weighted by Gasteiger charge is -2.48. The fourth-order valence-corrected chi connectivity index (χ4v) is 5.52. The molecule has 2 saturated heterocycles. The number of carbonyl (C=O) groups excluding carboxylic acids is 1. The Morgan fingerprint density at radius 2 is 1.79 bits per heavy atom. The number of methoxy groups -OCH3 is 1. The molecule has 1 amide bonds. The molecule has 1 aliphatic carbocycles. The van der Waals surface area contributed by atoms with Gasteiger partial charge in [-0.2, -0.15) is 11.8 Å². The summed E-state index contributed by atoms with van der Waals surface area (Å²) in [5, 5.41) is 6.63. The highest BCUT2D eigenvalue weighted by molar-refractivity contribution is 7.99. The molecule has 0 unspecified atom stereocenters. The van der Waals surface area contributed by atoms with E-state index in [0.29, 0.717) is 0 Å². The van der Waals surface area contributed by atoms with Gasteiger partial charge in [0.05, 0.1) is 0 Å². The Kier molecular flexibility index (Phi) is 6.46. The third-order valence-corrected chi connectivity index (χ3v) is 7.20. The monoisotopic (exact) mass is 355 g/mol. The number of amides is 1. The second-order valence-corrected chi connectivity index (χ2v) is 8.74. The Labute approximate surface area is 150 Å². The SMILES string of the molecule is COC1(C(=O)NCC2(N3CCSCC3)CCCCC2)CCNCC1. The molecule has 2 aliphatic heterocycles. The highest BCUT2D eigenvalue weighted by Crippen LogP contribution is 2.35. The Morgan fingerprint density at radius 1 is 1.12 bits per heavy atom. The first-order valence-electron chi connectivity index (χ1n) is 9.58. The van der Waals surface area contributed by atoms with Gasteiger partial charge in [-0.1, -0.05) is 19.3 Å². The van der Waals surface area contributed by atoms with Gasteiger partial charge >= 0.3 is 0 Å². The Bertz CT molecular complexity index is 414. The molecule has 0 spiro atoms. The highest BCUT2D eigenvalue weighted by atomic mass is 32.2. The highest BCUT2D eigenvalue weighted by Gasteiger charge is 2.43. The van der Waals surface area contributed by atoms with Gasteiger partial charge in [0, 0.05) is 43.8 Å². The van der Waals surface area contributed by atoms with Crippen LogP contribution in [0.25, 0.3) is 0 Å². The van der Waals surface area contributed by atoms with E-state index >= 15 is 0 Å². The molecule has 3 aliphatic rings. The van der Waals surface area contributed by atoms with Crippen molar-refractivity contribution in [2.75, 3.05) is 51.3 Å². The van der Waals surface area contributed by atoms with Gasteiger partial charge in [-0.25, -0.2) is 0 Å². The van der Waals surface area contributed by atoms with Crippen LogP contribution in [0.15, 0.2) is 0 Å². The van der Waals surface area contributed by atoms with Crippen LogP contribution in [0.1, 0.15) is 44.9 Å². The van der Waals surface area contributed by atoms with Crippen molar-refractivity contribution in [3.63, 3.8) is 0 Å². The fourth-order valence-electron chi connectivity index (χ4n) is 4.61. The standard InChI is InChI=1S/C18H33N3O2S/c1-23-18(7-9-19-10-8-18)16(22)20-15-17(5-3-2-4-6-17)21-11-13-24-14-12-21/h19H,2-15H2,1H3,(H,20,22). The average molecular weight is 356 g/mol. The first kappa shape index (κ1) is 18.5. The van der Waals surface area contributed by atoms with Crippen LogP contribution < -0.4 is 10.6 Å². The first-order valence-corrected chi connectivity index (χ1v) is 10.7. The van der Waals surface area contributed by atoms with Gasteiger partial charge in [0.2, 0.25) is 0 Å². The van der Waals surface area contributed by atoms with E-state index in [1.165, 1.54) is 56.7 Å². The number of hydrogen-bond acceptors (Lipinski definition) is 5. The van der Waals surface area contributed by atoms with E-state index in [0.717, 1.165) is 32.5 Å². The van der Waals surface area contributed by atoms with Crippen molar-refractivity contribution in [3.05, 3.63) is 0 Å². The van der Waals surface area contributed by atoms with Crippen molar-refractivity contribution in [2.45, 2.75) is 56.1 Å². The van der Waals surface area contributed by atoms with Gasteiger partial charge in [0.15, 0.2) is 0 Å². The van der Waals surface area contributed by atoms with Gasteiger partial charge < -0.3 is 15.4 Å². The summed E-state index contributed by atoms with van der Waals surface area (Å²) in [5.41, 5.74) is -0.449. The Morgan fingerprint density at radius 3 is 2.42 bits per heavy atom. The van der Waals surface area contributed by atoms with E-state index in [9.17, 15) is 4.79 Å². The number of hydrogen-bond donors (Lipinski definition) is 2. The lowest BCUT2D eigenvalue weighted by Crippen LogP contribution is -2.62. The molecule has 2 N–H and O–H groups in total. The van der Waals surface area contributed by atoms with Crippen LogP contribution in [0.4, 0.5) is 0 Å². The summed E-state index contributed by atoms with van der Waals surface area (Å²) in [6.07, 6.45) is 7.90. The molecule has 5 nitrogen and oxygen atoms in total. The van der Waals surface area contributed by atoms with Crippen molar-refractivity contribution in [2.24, 2.45) is 0 Å². The van der Waals surface area contributed by atoms with Crippen LogP contribution in [0.3, 0.4) is 0 Å². The molecular weight excluding hydrogens is 322 g/mol. The zero-order valence-corrected chi connectivity index (χ0v) is 15.9. The topological polar surface area (TPSA) is 53.6 Å². The Hall–Kier alpha value is -0.300. The Balaban J connectivity index is 1.65. The minimum absolute atomic E-state index is 0.0998. The summed E-state index contributed by atoms with van der Waals surface area (Å²) >= 11 is 2.06. The van der Waals surface area contributed by atoms with Gasteiger partial charge in [-0.05, 0) is 38.8 Å². The van der Waals surface area contributed by atoms with Crippen LogP contribution in [0.5, 0.6) is 0 Å². The van der Waals surface area contributed by atoms with Crippen molar-refractivity contribution < 1.29 is 9.53 Å². The van der Waals surface area contributed by atoms with Crippen molar-refractivity contribution in [1.29, 1.82) is 0 Å². The summed E-state index contributed by atoms with van der Waals surface area (Å²) in [5.74, 6) is 2.55. The van der Waals surface area contributed by atoms with E-state index in [2.05, 4.69) is 27.3 Å². The molecule has 24 heavy (non-hydrogen) atoms. The predicted octanol–water partition coefficient (Wildman–Crippen LogP) is 1.62. The van der Waals surface area contributed by atoms with Crippen molar-refractivity contribution >= 4 is 17.7 Å². The lowest BCUT2D eigenvalue weighted by atomic mass is 9.79. The summed E-state index contributed by atoms with van der Waals surface area (Å²) in [4.78, 5) is 15.6. The van der Waals surface area contributed by atoms with Gasteiger partial charge in [0.1, 0.15) is 5.60 Å². The molecule has 0 atom stereocenters. The number of nitrogens with one attached hydrogen (secondary N) is 2. The number of ether oxygens (including phenoxy) is 1.